The molecule has 1 aromatic heterocycles. The first-order chi connectivity index (χ1) is 8.45. The van der Waals surface area contributed by atoms with E-state index >= 15 is 0 Å². The van der Waals surface area contributed by atoms with Gasteiger partial charge in [0.05, 0.1) is 5.75 Å². The van der Waals surface area contributed by atoms with Crippen molar-refractivity contribution in [3.05, 3.63) is 22.4 Å². The van der Waals surface area contributed by atoms with Crippen LogP contribution in [0.1, 0.15) is 24.6 Å². The maximum atomic E-state index is 12.1. The summed E-state index contributed by atoms with van der Waals surface area (Å²) in [5.41, 5.74) is 5.26. The molecule has 0 aliphatic heterocycles. The molecule has 6 heteroatoms. The Balaban J connectivity index is 1.94. The van der Waals surface area contributed by atoms with Crippen LogP contribution in [0.15, 0.2) is 17.5 Å². The van der Waals surface area contributed by atoms with Gasteiger partial charge in [0.2, 0.25) is 10.0 Å². The number of hydrogen-bond acceptors (Lipinski definition) is 4. The highest BCUT2D eigenvalue weighted by molar-refractivity contribution is 7.89. The van der Waals surface area contributed by atoms with Crippen molar-refractivity contribution in [2.45, 2.75) is 31.7 Å². The molecule has 0 radical (unpaired) electrons. The van der Waals surface area contributed by atoms with Crippen molar-refractivity contribution in [3.63, 3.8) is 0 Å². The fourth-order valence-corrected chi connectivity index (χ4v) is 4.50. The Kier molecular flexibility index (Phi) is 4.11. The van der Waals surface area contributed by atoms with Crippen LogP contribution in [0.4, 0.5) is 0 Å². The van der Waals surface area contributed by atoms with Crippen LogP contribution in [-0.2, 0) is 16.4 Å². The number of hydrogen-bond donors (Lipinski definition) is 2. The average Bonchev–Trinajstić information content (AvgIpc) is 3.05. The van der Waals surface area contributed by atoms with Crippen molar-refractivity contribution in [1.29, 1.82) is 0 Å². The van der Waals surface area contributed by atoms with E-state index in [9.17, 15) is 8.42 Å². The fraction of sp³-hybridized carbons (Fsp3) is 0.667. The van der Waals surface area contributed by atoms with Crippen molar-refractivity contribution < 1.29 is 8.42 Å². The molecule has 0 spiro atoms. The third-order valence-electron chi connectivity index (χ3n) is 3.49. The molecule has 1 heterocycles. The maximum Gasteiger partial charge on any atom is 0.212 e. The normalized spacial score (nSPS) is 19.7. The Morgan fingerprint density at radius 3 is 2.78 bits per heavy atom. The summed E-state index contributed by atoms with van der Waals surface area (Å²) in [5, 5.41) is 1.96. The second kappa shape index (κ2) is 5.28. The third kappa shape index (κ3) is 3.54. The molecule has 1 aromatic rings. The number of aryl methyl sites for hydroxylation is 1. The minimum Gasteiger partial charge on any atom is -0.329 e. The summed E-state index contributed by atoms with van der Waals surface area (Å²) >= 11 is 1.59. The van der Waals surface area contributed by atoms with E-state index in [0.717, 1.165) is 17.7 Å². The van der Waals surface area contributed by atoms with Crippen LogP contribution in [-0.4, -0.2) is 26.3 Å². The number of nitrogens with two attached hydrogens (primary N) is 1. The molecule has 3 N–H and O–H groups in total. The van der Waals surface area contributed by atoms with E-state index < -0.39 is 15.6 Å². The Bertz CT molecular complexity index is 480. The zero-order chi connectivity index (χ0) is 13.2. The molecule has 18 heavy (non-hydrogen) atoms. The monoisotopic (exact) mass is 288 g/mol. The second-order valence-corrected chi connectivity index (χ2v) is 8.02. The highest BCUT2D eigenvalue weighted by Crippen LogP contribution is 2.39. The van der Waals surface area contributed by atoms with Crippen LogP contribution in [0.25, 0.3) is 0 Å². The lowest BCUT2D eigenvalue weighted by Crippen LogP contribution is -2.53. The van der Waals surface area contributed by atoms with Crippen LogP contribution < -0.4 is 10.5 Å². The molecule has 4 nitrogen and oxygen atoms in total. The molecule has 1 unspecified atom stereocenters. The summed E-state index contributed by atoms with van der Waals surface area (Å²) in [6, 6.07) is 3.90. The topological polar surface area (TPSA) is 72.2 Å². The van der Waals surface area contributed by atoms with E-state index in [0.29, 0.717) is 18.9 Å². The van der Waals surface area contributed by atoms with Crippen molar-refractivity contribution >= 4 is 21.4 Å². The molecule has 0 amide bonds. The van der Waals surface area contributed by atoms with Crippen molar-refractivity contribution in [2.75, 3.05) is 12.3 Å². The highest BCUT2D eigenvalue weighted by atomic mass is 32.2. The van der Waals surface area contributed by atoms with Crippen LogP contribution >= 0.6 is 11.3 Å². The Morgan fingerprint density at radius 1 is 1.56 bits per heavy atom. The summed E-state index contributed by atoms with van der Waals surface area (Å²) in [4.78, 5) is 1.10. The summed E-state index contributed by atoms with van der Waals surface area (Å²) in [6.07, 6.45) is 2.71. The predicted octanol–water partition coefficient (Wildman–Crippen LogP) is 1.34. The second-order valence-electron chi connectivity index (χ2n) is 5.15. The molecule has 0 saturated heterocycles. The largest absolute Gasteiger partial charge is 0.329 e. The summed E-state index contributed by atoms with van der Waals surface area (Å²) in [5.74, 6) is 0.537. The molecule has 1 saturated carbocycles. The van der Waals surface area contributed by atoms with Gasteiger partial charge in [-0.1, -0.05) is 6.07 Å². The lowest BCUT2D eigenvalue weighted by molar-refractivity contribution is 0.374. The van der Waals surface area contributed by atoms with Gasteiger partial charge in [0.1, 0.15) is 0 Å². The lowest BCUT2D eigenvalue weighted by atomic mass is 9.98. The average molecular weight is 288 g/mol. The van der Waals surface area contributed by atoms with Crippen LogP contribution in [0.2, 0.25) is 0 Å². The van der Waals surface area contributed by atoms with Gasteiger partial charge in [-0.05, 0) is 43.6 Å². The van der Waals surface area contributed by atoms with Crippen molar-refractivity contribution in [2.24, 2.45) is 11.7 Å². The predicted molar refractivity (Wildman–Crippen MR) is 75.1 cm³/mol. The molecular formula is C12H20N2O2S2. The molecule has 0 bridgehead atoms. The molecular weight excluding hydrogens is 268 g/mol. The first-order valence-electron chi connectivity index (χ1n) is 6.19. The fourth-order valence-electron chi connectivity index (χ4n) is 2.11. The van der Waals surface area contributed by atoms with Gasteiger partial charge in [-0.15, -0.1) is 11.3 Å². The van der Waals surface area contributed by atoms with Gasteiger partial charge < -0.3 is 5.73 Å². The van der Waals surface area contributed by atoms with E-state index in [-0.39, 0.29) is 5.75 Å². The van der Waals surface area contributed by atoms with Gasteiger partial charge in [0, 0.05) is 17.0 Å². The Hall–Kier alpha value is -0.430. The molecule has 2 rings (SSSR count). The van der Waals surface area contributed by atoms with E-state index in [2.05, 4.69) is 4.72 Å². The highest BCUT2D eigenvalue weighted by Gasteiger charge is 2.42. The smallest absolute Gasteiger partial charge is 0.212 e. The maximum absolute atomic E-state index is 12.1. The van der Waals surface area contributed by atoms with E-state index in [1.54, 1.807) is 11.3 Å². The quantitative estimate of drug-likeness (QED) is 0.795. The minimum absolute atomic E-state index is 0.135. The van der Waals surface area contributed by atoms with Crippen LogP contribution in [0.3, 0.4) is 0 Å². The summed E-state index contributed by atoms with van der Waals surface area (Å²) < 4.78 is 26.9. The van der Waals surface area contributed by atoms with E-state index in [1.165, 1.54) is 0 Å². The van der Waals surface area contributed by atoms with Gasteiger partial charge in [0.25, 0.3) is 0 Å². The Morgan fingerprint density at radius 2 is 2.28 bits per heavy atom. The molecule has 1 fully saturated rings. The number of thiophene rings is 1. The number of rotatable bonds is 7. The SMILES string of the molecule is CC(CN)(NS(=O)(=O)CCc1cccs1)C1CC1. The van der Waals surface area contributed by atoms with Gasteiger partial charge in [0.15, 0.2) is 0 Å². The standard InChI is InChI=1S/C12H20N2O2S2/c1-12(9-13,10-4-5-10)14-18(15,16)8-6-11-3-2-7-17-11/h2-3,7,10,14H,4-6,8-9,13H2,1H3. The molecule has 1 atom stereocenters. The number of sulfonamides is 1. The first kappa shape index (κ1) is 14.0. The first-order valence-corrected chi connectivity index (χ1v) is 8.72. The molecule has 102 valence electrons. The lowest BCUT2D eigenvalue weighted by Gasteiger charge is -2.29. The van der Waals surface area contributed by atoms with E-state index in [4.69, 9.17) is 5.73 Å². The zero-order valence-corrected chi connectivity index (χ0v) is 12.2. The van der Waals surface area contributed by atoms with Gasteiger partial charge in [-0.25, -0.2) is 13.1 Å². The minimum atomic E-state index is -3.26. The van der Waals surface area contributed by atoms with Crippen molar-refractivity contribution in [3.8, 4) is 0 Å². The van der Waals surface area contributed by atoms with Crippen LogP contribution in [0, 0.1) is 5.92 Å². The van der Waals surface area contributed by atoms with Crippen LogP contribution in [0.5, 0.6) is 0 Å². The van der Waals surface area contributed by atoms with E-state index in [1.807, 2.05) is 24.4 Å². The van der Waals surface area contributed by atoms with Gasteiger partial charge in [-0.3, -0.25) is 0 Å². The third-order valence-corrected chi connectivity index (χ3v) is 5.94. The Labute approximate surface area is 113 Å². The summed E-state index contributed by atoms with van der Waals surface area (Å²) in [7, 11) is -3.26. The van der Waals surface area contributed by atoms with Gasteiger partial charge in [-0.2, -0.15) is 0 Å². The summed E-state index contributed by atoms with van der Waals surface area (Å²) in [6.45, 7) is 2.27. The molecule has 0 aromatic carbocycles. The zero-order valence-electron chi connectivity index (χ0n) is 10.6. The number of nitrogens with one attached hydrogen (secondary N) is 1. The van der Waals surface area contributed by atoms with Crippen molar-refractivity contribution in [1.82, 2.24) is 4.72 Å². The van der Waals surface area contributed by atoms with Gasteiger partial charge >= 0.3 is 0 Å². The molecule has 1 aliphatic carbocycles. The molecule has 1 aliphatic rings.